The number of halogens is 2. The topological polar surface area (TPSA) is 80.8 Å². The molecule has 2 rings (SSSR count). The minimum absolute atomic E-state index is 0.0392. The summed E-state index contributed by atoms with van der Waals surface area (Å²) in [6, 6.07) is 4.06. The largest absolute Gasteiger partial charge is 0.469 e. The fourth-order valence-electron chi connectivity index (χ4n) is 2.50. The van der Waals surface area contributed by atoms with Crippen molar-refractivity contribution in [1.82, 2.24) is 0 Å². The van der Waals surface area contributed by atoms with Crippen LogP contribution in [0.5, 0.6) is 0 Å². The van der Waals surface area contributed by atoms with E-state index in [1.165, 1.54) is 24.1 Å². The van der Waals surface area contributed by atoms with Crippen LogP contribution in [0.15, 0.2) is 18.2 Å². The van der Waals surface area contributed by atoms with Crippen LogP contribution in [0.3, 0.4) is 0 Å². The summed E-state index contributed by atoms with van der Waals surface area (Å²) in [4.78, 5) is 24.5. The van der Waals surface area contributed by atoms with Crippen LogP contribution >= 0.6 is 10.7 Å². The van der Waals surface area contributed by atoms with Crippen molar-refractivity contribution in [3.63, 3.8) is 0 Å². The Bertz CT molecular complexity index is 737. The molecular weight excluding hydrogens is 349 g/mol. The lowest BCUT2D eigenvalue weighted by molar-refractivity contribution is -0.139. The standard InChI is InChI=1S/C14H15ClFNO5S/c1-22-14(19)5-10-2-3-11(6-12(10)16)17-7-9(4-13(17)18)8-23(15,20)21/h2-3,6,9H,4-5,7-8H2,1H3. The van der Waals surface area contributed by atoms with Crippen molar-refractivity contribution in [1.29, 1.82) is 0 Å². The quantitative estimate of drug-likeness (QED) is 0.584. The molecule has 1 fully saturated rings. The van der Waals surface area contributed by atoms with Crippen LogP contribution in [0.25, 0.3) is 0 Å². The Morgan fingerprint density at radius 1 is 1.48 bits per heavy atom. The zero-order chi connectivity index (χ0) is 17.2. The molecule has 1 atom stereocenters. The summed E-state index contributed by atoms with van der Waals surface area (Å²) in [6.45, 7) is 0.153. The molecule has 0 aliphatic carbocycles. The molecule has 0 spiro atoms. The molecule has 9 heteroatoms. The van der Waals surface area contributed by atoms with Crippen molar-refractivity contribution in [3.8, 4) is 0 Å². The highest BCUT2D eigenvalue weighted by molar-refractivity contribution is 8.13. The molecule has 1 aromatic rings. The lowest BCUT2D eigenvalue weighted by Gasteiger charge is -2.17. The van der Waals surface area contributed by atoms with Crippen LogP contribution in [0.2, 0.25) is 0 Å². The van der Waals surface area contributed by atoms with Gasteiger partial charge in [0, 0.05) is 35.3 Å². The Hall–Kier alpha value is -1.67. The second-order valence-corrected chi connectivity index (χ2v) is 8.13. The average Bonchev–Trinajstić information content (AvgIpc) is 2.79. The van der Waals surface area contributed by atoms with Crippen LogP contribution in [-0.2, 0) is 29.8 Å². The van der Waals surface area contributed by atoms with E-state index in [2.05, 4.69) is 4.74 Å². The number of anilines is 1. The number of carbonyl (C=O) groups is 2. The Labute approximate surface area is 137 Å². The number of nitrogens with zero attached hydrogens (tertiary/aromatic N) is 1. The summed E-state index contributed by atoms with van der Waals surface area (Å²) in [5.74, 6) is -2.23. The fraction of sp³-hybridized carbons (Fsp3) is 0.429. The highest BCUT2D eigenvalue weighted by atomic mass is 35.7. The first-order valence-corrected chi connectivity index (χ1v) is 9.25. The molecule has 1 aromatic carbocycles. The van der Waals surface area contributed by atoms with Crippen LogP contribution < -0.4 is 4.90 Å². The molecule has 1 amide bonds. The van der Waals surface area contributed by atoms with Gasteiger partial charge in [0.1, 0.15) is 5.82 Å². The molecule has 126 valence electrons. The van der Waals surface area contributed by atoms with Gasteiger partial charge in [-0.05, 0) is 17.7 Å². The summed E-state index contributed by atoms with van der Waals surface area (Å²) in [5, 5.41) is 0. The van der Waals surface area contributed by atoms with E-state index in [1.807, 2.05) is 0 Å². The number of hydrogen-bond acceptors (Lipinski definition) is 5. The van der Waals surface area contributed by atoms with E-state index in [9.17, 15) is 22.4 Å². The van der Waals surface area contributed by atoms with E-state index in [1.54, 1.807) is 0 Å². The van der Waals surface area contributed by atoms with E-state index in [4.69, 9.17) is 10.7 Å². The predicted molar refractivity (Wildman–Crippen MR) is 82.2 cm³/mol. The minimum Gasteiger partial charge on any atom is -0.469 e. The summed E-state index contributed by atoms with van der Waals surface area (Å²) in [7, 11) is 2.71. The van der Waals surface area contributed by atoms with Gasteiger partial charge in [-0.2, -0.15) is 0 Å². The number of hydrogen-bond donors (Lipinski definition) is 0. The molecule has 1 saturated heterocycles. The van der Waals surface area contributed by atoms with E-state index in [-0.39, 0.29) is 36.6 Å². The minimum atomic E-state index is -3.70. The van der Waals surface area contributed by atoms with Crippen molar-refractivity contribution in [2.24, 2.45) is 5.92 Å². The maximum atomic E-state index is 14.0. The van der Waals surface area contributed by atoms with Gasteiger partial charge in [0.25, 0.3) is 0 Å². The summed E-state index contributed by atoms with van der Waals surface area (Å²) in [6.07, 6.45) is -0.166. The SMILES string of the molecule is COC(=O)Cc1ccc(N2CC(CS(=O)(=O)Cl)CC2=O)cc1F. The maximum absolute atomic E-state index is 14.0. The summed E-state index contributed by atoms with van der Waals surface area (Å²) < 4.78 is 40.7. The van der Waals surface area contributed by atoms with E-state index in [0.29, 0.717) is 5.69 Å². The van der Waals surface area contributed by atoms with Crippen LogP contribution in [0.1, 0.15) is 12.0 Å². The zero-order valence-corrected chi connectivity index (χ0v) is 13.9. The first-order valence-electron chi connectivity index (χ1n) is 6.77. The van der Waals surface area contributed by atoms with Gasteiger partial charge in [-0.3, -0.25) is 9.59 Å². The molecule has 0 bridgehead atoms. The van der Waals surface area contributed by atoms with Crippen molar-refractivity contribution < 1.29 is 27.1 Å². The van der Waals surface area contributed by atoms with Gasteiger partial charge in [-0.15, -0.1) is 0 Å². The zero-order valence-electron chi connectivity index (χ0n) is 12.3. The third-order valence-corrected chi connectivity index (χ3v) is 4.80. The van der Waals surface area contributed by atoms with Gasteiger partial charge in [-0.25, -0.2) is 12.8 Å². The first kappa shape index (κ1) is 17.7. The monoisotopic (exact) mass is 363 g/mol. The van der Waals surface area contributed by atoms with Crippen molar-refractivity contribution >= 4 is 37.3 Å². The van der Waals surface area contributed by atoms with E-state index in [0.717, 1.165) is 6.07 Å². The highest BCUT2D eigenvalue weighted by Crippen LogP contribution is 2.28. The Kier molecular flexibility index (Phi) is 5.26. The second-order valence-electron chi connectivity index (χ2n) is 5.31. The number of rotatable bonds is 5. The van der Waals surface area contributed by atoms with Gasteiger partial charge < -0.3 is 9.64 Å². The van der Waals surface area contributed by atoms with Crippen LogP contribution in [0, 0.1) is 11.7 Å². The van der Waals surface area contributed by atoms with Crippen LogP contribution in [-0.4, -0.2) is 39.7 Å². The molecule has 0 N–H and O–H groups in total. The second kappa shape index (κ2) is 6.84. The molecule has 1 aliphatic heterocycles. The summed E-state index contributed by atoms with van der Waals surface area (Å²) in [5.41, 5.74) is 0.475. The molecule has 6 nitrogen and oxygen atoms in total. The first-order chi connectivity index (χ1) is 10.7. The molecule has 0 radical (unpaired) electrons. The molecule has 23 heavy (non-hydrogen) atoms. The normalized spacial score (nSPS) is 18.3. The number of methoxy groups -OCH3 is 1. The Morgan fingerprint density at radius 3 is 2.74 bits per heavy atom. The Morgan fingerprint density at radius 2 is 2.17 bits per heavy atom. The van der Waals surface area contributed by atoms with Gasteiger partial charge in [0.2, 0.25) is 15.0 Å². The van der Waals surface area contributed by atoms with Crippen molar-refractivity contribution in [3.05, 3.63) is 29.6 Å². The Balaban J connectivity index is 2.14. The number of amides is 1. The number of carbonyl (C=O) groups excluding carboxylic acids is 2. The van der Waals surface area contributed by atoms with E-state index < -0.39 is 26.8 Å². The lowest BCUT2D eigenvalue weighted by Crippen LogP contribution is -2.25. The molecular formula is C14H15ClFNO5S. The van der Waals surface area contributed by atoms with Gasteiger partial charge >= 0.3 is 5.97 Å². The smallest absolute Gasteiger partial charge is 0.310 e. The number of benzene rings is 1. The van der Waals surface area contributed by atoms with Gasteiger partial charge in [-0.1, -0.05) is 6.07 Å². The van der Waals surface area contributed by atoms with Crippen LogP contribution in [0.4, 0.5) is 10.1 Å². The number of ether oxygens (including phenoxy) is 1. The van der Waals surface area contributed by atoms with Crippen molar-refractivity contribution in [2.75, 3.05) is 24.3 Å². The molecule has 1 unspecified atom stereocenters. The highest BCUT2D eigenvalue weighted by Gasteiger charge is 2.33. The fourth-order valence-corrected chi connectivity index (χ4v) is 3.82. The number of esters is 1. The molecule has 1 heterocycles. The third-order valence-electron chi connectivity index (χ3n) is 3.55. The molecule has 0 saturated carbocycles. The van der Waals surface area contributed by atoms with Gasteiger partial charge in [0.05, 0.1) is 19.3 Å². The molecule has 0 aromatic heterocycles. The van der Waals surface area contributed by atoms with E-state index >= 15 is 0 Å². The predicted octanol–water partition coefficient (Wildman–Crippen LogP) is 1.46. The van der Waals surface area contributed by atoms with Gasteiger partial charge in [0.15, 0.2) is 0 Å². The lowest BCUT2D eigenvalue weighted by atomic mass is 10.1. The average molecular weight is 364 g/mol. The van der Waals surface area contributed by atoms with Crippen molar-refractivity contribution in [2.45, 2.75) is 12.8 Å². The molecule has 1 aliphatic rings. The summed E-state index contributed by atoms with van der Waals surface area (Å²) >= 11 is 0. The maximum Gasteiger partial charge on any atom is 0.310 e. The third kappa shape index (κ3) is 4.65.